The number of nitrogens with one attached hydrogen (secondary N) is 1. The van der Waals surface area contributed by atoms with E-state index in [1.54, 1.807) is 49.4 Å². The summed E-state index contributed by atoms with van der Waals surface area (Å²) in [6.45, 7) is 1.31. The molecule has 0 aliphatic rings. The summed E-state index contributed by atoms with van der Waals surface area (Å²) in [5, 5.41) is 3.08. The van der Waals surface area contributed by atoms with Crippen LogP contribution in [0, 0.1) is 6.92 Å². The van der Waals surface area contributed by atoms with E-state index < -0.39 is 11.5 Å². The fourth-order valence-corrected chi connectivity index (χ4v) is 3.15. The molecule has 168 valence electrons. The summed E-state index contributed by atoms with van der Waals surface area (Å²) >= 11 is 5.99. The van der Waals surface area contributed by atoms with Crippen LogP contribution in [0.2, 0.25) is 5.02 Å². The van der Waals surface area contributed by atoms with E-state index in [9.17, 15) is 14.4 Å². The van der Waals surface area contributed by atoms with Crippen LogP contribution in [0.25, 0.3) is 5.65 Å². The van der Waals surface area contributed by atoms with Gasteiger partial charge in [0.25, 0.3) is 11.5 Å². The smallest absolute Gasteiger partial charge is 0.338 e. The van der Waals surface area contributed by atoms with Crippen LogP contribution in [-0.2, 0) is 16.1 Å². The average molecular weight is 468 g/mol. The second kappa shape index (κ2) is 9.58. The first-order chi connectivity index (χ1) is 15.9. The Hall–Kier alpha value is -4.11. The van der Waals surface area contributed by atoms with Crippen LogP contribution >= 0.6 is 11.6 Å². The van der Waals surface area contributed by atoms with Crippen molar-refractivity contribution >= 4 is 34.8 Å². The van der Waals surface area contributed by atoms with Crippen LogP contribution in [0.5, 0.6) is 5.75 Å². The molecule has 0 aliphatic heterocycles. The SMILES string of the molecule is Cc1cc2nc(COC(=O)c3ccc(NC(=O)COc4ccccc4Cl)cc3)cc(=O)n2o1. The van der Waals surface area contributed by atoms with Gasteiger partial charge in [0.15, 0.2) is 12.3 Å². The van der Waals surface area contributed by atoms with E-state index in [0.717, 1.165) is 4.57 Å². The lowest BCUT2D eigenvalue weighted by Gasteiger charge is -2.09. The Kier molecular flexibility index (Phi) is 6.41. The number of anilines is 1. The number of fused-ring (bicyclic) bond motifs is 1. The largest absolute Gasteiger partial charge is 0.482 e. The molecule has 2 aromatic heterocycles. The highest BCUT2D eigenvalue weighted by molar-refractivity contribution is 6.32. The minimum Gasteiger partial charge on any atom is -0.482 e. The minimum atomic E-state index is -0.597. The van der Waals surface area contributed by atoms with E-state index in [0.29, 0.717) is 33.6 Å². The molecule has 0 bridgehead atoms. The lowest BCUT2D eigenvalue weighted by Crippen LogP contribution is -2.20. The zero-order valence-corrected chi connectivity index (χ0v) is 18.2. The highest BCUT2D eigenvalue weighted by Gasteiger charge is 2.12. The van der Waals surface area contributed by atoms with Gasteiger partial charge in [0.05, 0.1) is 16.3 Å². The number of carbonyl (C=O) groups excluding carboxylic acids is 2. The number of carbonyl (C=O) groups is 2. The van der Waals surface area contributed by atoms with Crippen LogP contribution in [0.1, 0.15) is 21.8 Å². The fourth-order valence-electron chi connectivity index (χ4n) is 2.96. The molecular weight excluding hydrogens is 450 g/mol. The highest BCUT2D eigenvalue weighted by Crippen LogP contribution is 2.23. The van der Waals surface area contributed by atoms with Gasteiger partial charge >= 0.3 is 5.97 Å². The number of amides is 1. The number of aryl methyl sites for hydroxylation is 1. The minimum absolute atomic E-state index is 0.174. The van der Waals surface area contributed by atoms with Crippen molar-refractivity contribution in [3.8, 4) is 5.75 Å². The number of rotatable bonds is 7. The van der Waals surface area contributed by atoms with Crippen molar-refractivity contribution in [1.82, 2.24) is 9.56 Å². The molecule has 0 unspecified atom stereocenters. The molecular formula is C23H18ClN3O6. The Morgan fingerprint density at radius 2 is 1.88 bits per heavy atom. The molecule has 0 saturated heterocycles. The number of esters is 1. The topological polar surface area (TPSA) is 112 Å². The van der Waals surface area contributed by atoms with Gasteiger partial charge in [-0.3, -0.25) is 9.59 Å². The quantitative estimate of drug-likeness (QED) is 0.413. The number of hydrogen-bond acceptors (Lipinski definition) is 7. The summed E-state index contributed by atoms with van der Waals surface area (Å²) in [4.78, 5) is 40.7. The maximum atomic E-state index is 12.3. The van der Waals surface area contributed by atoms with E-state index in [1.165, 1.54) is 18.2 Å². The molecule has 0 saturated carbocycles. The van der Waals surface area contributed by atoms with Gasteiger partial charge in [-0.05, 0) is 43.3 Å². The zero-order valence-electron chi connectivity index (χ0n) is 17.4. The average Bonchev–Trinajstić information content (AvgIpc) is 3.18. The standard InChI is InChI=1S/C23H18ClN3O6/c1-14-10-20-25-17(11-22(29)27(20)33-14)12-32-23(30)15-6-8-16(9-7-15)26-21(28)13-31-19-5-3-2-4-18(19)24/h2-11H,12-13H2,1H3,(H,26,28). The lowest BCUT2D eigenvalue weighted by molar-refractivity contribution is -0.118. The molecule has 0 atom stereocenters. The maximum absolute atomic E-state index is 12.3. The van der Waals surface area contributed by atoms with Gasteiger partial charge in [-0.1, -0.05) is 23.7 Å². The van der Waals surface area contributed by atoms with Gasteiger partial charge in [-0.2, -0.15) is 0 Å². The third-order valence-electron chi connectivity index (χ3n) is 4.48. The zero-order chi connectivity index (χ0) is 23.4. The first-order valence-electron chi connectivity index (χ1n) is 9.83. The van der Waals surface area contributed by atoms with Gasteiger partial charge in [-0.15, -0.1) is 4.57 Å². The van der Waals surface area contributed by atoms with Crippen LogP contribution in [0.4, 0.5) is 5.69 Å². The van der Waals surface area contributed by atoms with Gasteiger partial charge in [0, 0.05) is 17.8 Å². The van der Waals surface area contributed by atoms with Crippen LogP contribution in [0.3, 0.4) is 0 Å². The molecule has 4 rings (SSSR count). The van der Waals surface area contributed by atoms with Gasteiger partial charge < -0.3 is 19.3 Å². The molecule has 9 nitrogen and oxygen atoms in total. The van der Waals surface area contributed by atoms with Gasteiger partial charge in [0.2, 0.25) is 0 Å². The summed E-state index contributed by atoms with van der Waals surface area (Å²) in [6.07, 6.45) is 0. The molecule has 33 heavy (non-hydrogen) atoms. The number of halogens is 1. The van der Waals surface area contributed by atoms with Crippen molar-refractivity contribution in [3.63, 3.8) is 0 Å². The van der Waals surface area contributed by atoms with Gasteiger partial charge in [0.1, 0.15) is 18.1 Å². The highest BCUT2D eigenvalue weighted by atomic mass is 35.5. The van der Waals surface area contributed by atoms with Gasteiger partial charge in [-0.25, -0.2) is 9.78 Å². The van der Waals surface area contributed by atoms with Crippen LogP contribution < -0.4 is 15.6 Å². The Labute approximate surface area is 192 Å². The molecule has 0 spiro atoms. The molecule has 1 N–H and O–H groups in total. The second-order valence-electron chi connectivity index (χ2n) is 7.01. The molecule has 2 aromatic carbocycles. The normalized spacial score (nSPS) is 10.7. The third-order valence-corrected chi connectivity index (χ3v) is 4.79. The van der Waals surface area contributed by atoms with Crippen molar-refractivity contribution < 1.29 is 23.6 Å². The number of aromatic nitrogens is 2. The third kappa shape index (κ3) is 5.39. The monoisotopic (exact) mass is 467 g/mol. The van der Waals surface area contributed by atoms with Crippen LogP contribution in [0.15, 0.2) is 70.0 Å². The molecule has 0 radical (unpaired) electrons. The second-order valence-corrected chi connectivity index (χ2v) is 7.41. The van der Waals surface area contributed by atoms with Crippen molar-refractivity contribution in [2.45, 2.75) is 13.5 Å². The van der Waals surface area contributed by atoms with Crippen molar-refractivity contribution in [3.05, 3.63) is 93.1 Å². The summed E-state index contributed by atoms with van der Waals surface area (Å²) in [7, 11) is 0. The molecule has 1 amide bonds. The lowest BCUT2D eigenvalue weighted by atomic mass is 10.2. The van der Waals surface area contributed by atoms with E-state index in [-0.39, 0.29) is 24.7 Å². The van der Waals surface area contributed by atoms with Crippen molar-refractivity contribution in [1.29, 1.82) is 0 Å². The summed E-state index contributed by atoms with van der Waals surface area (Å²) < 4.78 is 16.9. The number of hydrogen-bond donors (Lipinski definition) is 1. The number of benzene rings is 2. The molecule has 0 fully saturated rings. The number of para-hydroxylation sites is 1. The Morgan fingerprint density at radius 1 is 1.12 bits per heavy atom. The van der Waals surface area contributed by atoms with E-state index in [1.807, 2.05) is 0 Å². The van der Waals surface area contributed by atoms with Crippen LogP contribution in [-0.4, -0.2) is 28.0 Å². The fraction of sp³-hybridized carbons (Fsp3) is 0.130. The summed E-state index contributed by atoms with van der Waals surface area (Å²) in [5.41, 5.74) is 0.992. The predicted octanol–water partition coefficient (Wildman–Crippen LogP) is 3.62. The van der Waals surface area contributed by atoms with Crippen molar-refractivity contribution in [2.24, 2.45) is 0 Å². The van der Waals surface area contributed by atoms with E-state index >= 15 is 0 Å². The van der Waals surface area contributed by atoms with E-state index in [4.69, 9.17) is 25.6 Å². The number of nitrogens with zero attached hydrogens (tertiary/aromatic N) is 2. The number of ether oxygens (including phenoxy) is 2. The Balaban J connectivity index is 1.31. The first kappa shape index (κ1) is 22.1. The Bertz CT molecular complexity index is 1380. The molecule has 10 heteroatoms. The summed E-state index contributed by atoms with van der Waals surface area (Å²) in [6, 6.07) is 15.8. The predicted molar refractivity (Wildman–Crippen MR) is 120 cm³/mol. The maximum Gasteiger partial charge on any atom is 0.338 e. The Morgan fingerprint density at radius 3 is 2.64 bits per heavy atom. The first-order valence-corrected chi connectivity index (χ1v) is 10.2. The molecule has 2 heterocycles. The summed E-state index contributed by atoms with van der Waals surface area (Å²) in [5.74, 6) is -0.0317. The van der Waals surface area contributed by atoms with Crippen molar-refractivity contribution in [2.75, 3.05) is 11.9 Å². The molecule has 0 aliphatic carbocycles. The molecule has 4 aromatic rings. The van der Waals surface area contributed by atoms with E-state index in [2.05, 4.69) is 10.3 Å².